The molecule has 0 saturated carbocycles. The van der Waals surface area contributed by atoms with E-state index in [0.29, 0.717) is 12.8 Å². The van der Waals surface area contributed by atoms with Gasteiger partial charge in [-0.05, 0) is 33.6 Å². The lowest BCUT2D eigenvalue weighted by molar-refractivity contribution is -0.150. The van der Waals surface area contributed by atoms with E-state index in [-0.39, 0.29) is 6.04 Å². The number of rotatable bonds is 6. The van der Waals surface area contributed by atoms with Gasteiger partial charge in [-0.3, -0.25) is 4.79 Å². The van der Waals surface area contributed by atoms with Crippen molar-refractivity contribution < 1.29 is 24.2 Å². The van der Waals surface area contributed by atoms with Crippen molar-refractivity contribution in [2.24, 2.45) is 5.92 Å². The number of likely N-dealkylation sites (tertiary alicyclic amines) is 1. The van der Waals surface area contributed by atoms with Crippen molar-refractivity contribution in [1.29, 1.82) is 0 Å². The van der Waals surface area contributed by atoms with E-state index >= 15 is 0 Å². The molecule has 7 heteroatoms. The molecule has 1 aliphatic rings. The molecule has 0 aliphatic carbocycles. The zero-order valence-corrected chi connectivity index (χ0v) is 15.3. The van der Waals surface area contributed by atoms with Gasteiger partial charge < -0.3 is 20.1 Å². The number of carbonyl (C=O) groups excluding carboxylic acids is 2. The number of amides is 2. The number of nitrogens with one attached hydrogen (secondary N) is 1. The van der Waals surface area contributed by atoms with E-state index in [1.807, 2.05) is 0 Å². The van der Waals surface area contributed by atoms with Crippen LogP contribution in [-0.2, 0) is 14.3 Å². The fraction of sp³-hybridized carbons (Fsp3) is 0.611. The minimum atomic E-state index is -1.07. The molecule has 0 aromatic carbocycles. The number of aliphatic carboxylic acids is 1. The third kappa shape index (κ3) is 5.34. The van der Waals surface area contributed by atoms with Gasteiger partial charge in [-0.1, -0.05) is 19.1 Å². The molecule has 1 rings (SSSR count). The van der Waals surface area contributed by atoms with Gasteiger partial charge in [0.2, 0.25) is 5.91 Å². The second kappa shape index (κ2) is 8.18. The number of nitrogens with zero attached hydrogens (tertiary/aromatic N) is 1. The van der Waals surface area contributed by atoms with Crippen molar-refractivity contribution in [3.8, 4) is 0 Å². The van der Waals surface area contributed by atoms with Crippen LogP contribution in [-0.4, -0.2) is 51.7 Å². The van der Waals surface area contributed by atoms with Crippen molar-refractivity contribution in [2.75, 3.05) is 0 Å². The molecule has 7 nitrogen and oxygen atoms in total. The van der Waals surface area contributed by atoms with Gasteiger partial charge in [-0.2, -0.15) is 0 Å². The molecule has 1 aliphatic heterocycles. The summed E-state index contributed by atoms with van der Waals surface area (Å²) in [7, 11) is 0. The van der Waals surface area contributed by atoms with E-state index in [0.717, 1.165) is 0 Å². The lowest BCUT2D eigenvalue weighted by Gasteiger charge is -2.33. The molecule has 2 amide bonds. The number of carboxylic acids is 1. The normalized spacial score (nSPS) is 22.6. The molecule has 1 saturated heterocycles. The molecule has 0 aromatic heterocycles. The maximum atomic E-state index is 13.0. The molecule has 140 valence electrons. The average molecular weight is 352 g/mol. The van der Waals surface area contributed by atoms with Crippen molar-refractivity contribution in [3.63, 3.8) is 0 Å². The summed E-state index contributed by atoms with van der Waals surface area (Å²) < 4.78 is 5.21. The maximum Gasteiger partial charge on any atom is 0.408 e. The van der Waals surface area contributed by atoms with Gasteiger partial charge in [-0.15, -0.1) is 13.2 Å². The number of carboxylic acid groups (broad SMARTS) is 1. The Balaban J connectivity index is 3.06. The Labute approximate surface area is 148 Å². The van der Waals surface area contributed by atoms with Crippen LogP contribution in [0.4, 0.5) is 4.79 Å². The summed E-state index contributed by atoms with van der Waals surface area (Å²) in [5.74, 6) is -1.95. The molecule has 4 atom stereocenters. The topological polar surface area (TPSA) is 95.9 Å². The predicted octanol–water partition coefficient (Wildman–Crippen LogP) is 2.33. The van der Waals surface area contributed by atoms with Crippen LogP contribution in [0.2, 0.25) is 0 Å². The molecule has 0 aromatic rings. The molecule has 0 bridgehead atoms. The molecule has 0 spiro atoms. The Kier molecular flexibility index (Phi) is 6.78. The van der Waals surface area contributed by atoms with Crippen LogP contribution in [0.15, 0.2) is 25.3 Å². The third-order valence-electron chi connectivity index (χ3n) is 4.08. The summed E-state index contributed by atoms with van der Waals surface area (Å²) in [6.07, 6.45) is 3.23. The summed E-state index contributed by atoms with van der Waals surface area (Å²) in [5.41, 5.74) is -0.712. The first-order valence-corrected chi connectivity index (χ1v) is 8.31. The highest BCUT2D eigenvalue weighted by molar-refractivity contribution is 5.90. The van der Waals surface area contributed by atoms with Crippen molar-refractivity contribution in [1.82, 2.24) is 10.2 Å². The first kappa shape index (κ1) is 20.7. The molecule has 1 heterocycles. The Morgan fingerprint density at radius 2 is 1.88 bits per heavy atom. The van der Waals surface area contributed by atoms with Crippen LogP contribution in [0.5, 0.6) is 0 Å². The average Bonchev–Trinajstić information content (AvgIpc) is 2.93. The Bertz CT molecular complexity index is 552. The molecular formula is C18H28N2O5. The third-order valence-corrected chi connectivity index (χ3v) is 4.08. The number of carbonyl (C=O) groups is 3. The largest absolute Gasteiger partial charge is 0.480 e. The van der Waals surface area contributed by atoms with Crippen LogP contribution in [0, 0.1) is 5.92 Å². The standard InChI is InChI=1S/C18H28N2O5/c1-7-11(3)14(19-17(24)25-18(4,5)6)15(21)20-12(8-2)9-10-13(20)16(22)23/h7-8,11-14H,1-2,9-10H2,3-6H3,(H,19,24)(H,22,23)/t11-,12?,13?,14-/m0/s1. The highest BCUT2D eigenvalue weighted by Crippen LogP contribution is 2.27. The van der Waals surface area contributed by atoms with Crippen LogP contribution in [0.25, 0.3) is 0 Å². The summed E-state index contributed by atoms with van der Waals surface area (Å²) in [4.78, 5) is 37.9. The van der Waals surface area contributed by atoms with E-state index < -0.39 is 41.6 Å². The van der Waals surface area contributed by atoms with E-state index in [4.69, 9.17) is 4.74 Å². The molecule has 2 unspecified atom stereocenters. The van der Waals surface area contributed by atoms with Crippen LogP contribution < -0.4 is 5.32 Å². The molecular weight excluding hydrogens is 324 g/mol. The summed E-state index contributed by atoms with van der Waals surface area (Å²) in [6.45, 7) is 14.2. The Morgan fingerprint density at radius 3 is 2.32 bits per heavy atom. The number of hydrogen-bond donors (Lipinski definition) is 2. The minimum absolute atomic E-state index is 0.347. The molecule has 25 heavy (non-hydrogen) atoms. The molecule has 0 radical (unpaired) electrons. The first-order chi connectivity index (χ1) is 11.5. The molecule has 2 N–H and O–H groups in total. The highest BCUT2D eigenvalue weighted by atomic mass is 16.6. The summed E-state index contributed by atoms with van der Waals surface area (Å²) >= 11 is 0. The van der Waals surface area contributed by atoms with Crippen molar-refractivity contribution in [2.45, 2.75) is 64.3 Å². The van der Waals surface area contributed by atoms with Gasteiger partial charge in [-0.25, -0.2) is 9.59 Å². The van der Waals surface area contributed by atoms with Gasteiger partial charge in [0.1, 0.15) is 17.7 Å². The monoisotopic (exact) mass is 352 g/mol. The lowest BCUT2D eigenvalue weighted by atomic mass is 10.00. The Morgan fingerprint density at radius 1 is 1.28 bits per heavy atom. The highest BCUT2D eigenvalue weighted by Gasteiger charge is 2.43. The second-order valence-electron chi connectivity index (χ2n) is 7.20. The molecule has 1 fully saturated rings. The summed E-state index contributed by atoms with van der Waals surface area (Å²) in [6, 6.07) is -2.28. The Hall–Kier alpha value is -2.31. The van der Waals surface area contributed by atoms with Crippen molar-refractivity contribution >= 4 is 18.0 Å². The van der Waals surface area contributed by atoms with Crippen molar-refractivity contribution in [3.05, 3.63) is 25.3 Å². The first-order valence-electron chi connectivity index (χ1n) is 8.31. The number of hydrogen-bond acceptors (Lipinski definition) is 4. The lowest BCUT2D eigenvalue weighted by Crippen LogP contribution is -2.56. The SMILES string of the molecule is C=CC1CCC(C(=O)O)N1C(=O)[C@@H](NC(=O)OC(C)(C)C)[C@@H](C)C=C. The fourth-order valence-electron chi connectivity index (χ4n) is 2.78. The number of ether oxygens (including phenoxy) is 1. The smallest absolute Gasteiger partial charge is 0.408 e. The predicted molar refractivity (Wildman–Crippen MR) is 94.0 cm³/mol. The minimum Gasteiger partial charge on any atom is -0.480 e. The summed E-state index contributed by atoms with van der Waals surface area (Å²) in [5, 5.41) is 12.0. The van der Waals surface area contributed by atoms with Crippen LogP contribution in [0.3, 0.4) is 0 Å². The van der Waals surface area contributed by atoms with Crippen LogP contribution >= 0.6 is 0 Å². The second-order valence-corrected chi connectivity index (χ2v) is 7.20. The van der Waals surface area contributed by atoms with E-state index in [9.17, 15) is 19.5 Å². The van der Waals surface area contributed by atoms with Gasteiger partial charge in [0.05, 0.1) is 6.04 Å². The van der Waals surface area contributed by atoms with Gasteiger partial charge in [0.15, 0.2) is 0 Å². The van der Waals surface area contributed by atoms with E-state index in [1.54, 1.807) is 33.8 Å². The van der Waals surface area contributed by atoms with Gasteiger partial charge >= 0.3 is 12.1 Å². The van der Waals surface area contributed by atoms with E-state index in [2.05, 4.69) is 18.5 Å². The quantitative estimate of drug-likeness (QED) is 0.715. The zero-order chi connectivity index (χ0) is 19.4. The van der Waals surface area contributed by atoms with Gasteiger partial charge in [0, 0.05) is 5.92 Å². The number of alkyl carbamates (subject to hydrolysis) is 1. The van der Waals surface area contributed by atoms with Gasteiger partial charge in [0.25, 0.3) is 0 Å². The zero-order valence-electron chi connectivity index (χ0n) is 15.3. The van der Waals surface area contributed by atoms with E-state index in [1.165, 1.54) is 11.0 Å². The fourth-order valence-corrected chi connectivity index (χ4v) is 2.78. The maximum absolute atomic E-state index is 13.0. The van der Waals surface area contributed by atoms with Crippen LogP contribution in [0.1, 0.15) is 40.5 Å².